The molecule has 0 aromatic heterocycles. The van der Waals surface area contributed by atoms with E-state index in [9.17, 15) is 24.3 Å². The topological polar surface area (TPSA) is 136 Å². The number of rotatable bonds is 4. The van der Waals surface area contributed by atoms with Crippen molar-refractivity contribution in [3.63, 3.8) is 0 Å². The molecule has 0 saturated carbocycles. The molecule has 1 saturated heterocycles. The molecule has 1 aromatic rings. The number of nitrogens with one attached hydrogen (secondary N) is 2. The lowest BCUT2D eigenvalue weighted by Crippen LogP contribution is -2.56. The zero-order chi connectivity index (χ0) is 16.8. The number of hydrogen-bond acceptors (Lipinski definition) is 5. The fourth-order valence-corrected chi connectivity index (χ4v) is 2.88. The van der Waals surface area contributed by atoms with Crippen LogP contribution in [0, 0.1) is 0 Å². The van der Waals surface area contributed by atoms with Crippen molar-refractivity contribution in [2.45, 2.75) is 18.5 Å². The standard InChI is InChI=1S/C14H13N3O6/c18-8-2-1-7-5-17(11(21)9(7)3-8)6-14(4-10(19)20)12(22)15-13(23)16-14/h1-3,18H,4-6H2,(H,19,20)(H2,15,16,22,23). The molecule has 23 heavy (non-hydrogen) atoms. The second-order valence-corrected chi connectivity index (χ2v) is 5.56. The second kappa shape index (κ2) is 4.97. The Morgan fingerprint density at radius 1 is 1.30 bits per heavy atom. The third kappa shape index (κ3) is 2.45. The Kier molecular flexibility index (Phi) is 3.20. The van der Waals surface area contributed by atoms with Gasteiger partial charge < -0.3 is 20.4 Å². The predicted molar refractivity (Wildman–Crippen MR) is 74.5 cm³/mol. The van der Waals surface area contributed by atoms with Crippen LogP contribution in [0.15, 0.2) is 18.2 Å². The Labute approximate surface area is 129 Å². The second-order valence-electron chi connectivity index (χ2n) is 5.56. The molecule has 120 valence electrons. The van der Waals surface area contributed by atoms with Gasteiger partial charge in [-0.3, -0.25) is 19.7 Å². The first kappa shape index (κ1) is 14.8. The maximum absolute atomic E-state index is 12.4. The highest BCUT2D eigenvalue weighted by molar-refractivity contribution is 6.09. The summed E-state index contributed by atoms with van der Waals surface area (Å²) in [5, 5.41) is 22.8. The highest BCUT2D eigenvalue weighted by atomic mass is 16.4. The van der Waals surface area contributed by atoms with E-state index in [1.807, 2.05) is 5.32 Å². The summed E-state index contributed by atoms with van der Waals surface area (Å²) in [7, 11) is 0. The molecule has 1 unspecified atom stereocenters. The monoisotopic (exact) mass is 319 g/mol. The van der Waals surface area contributed by atoms with Crippen LogP contribution in [0.2, 0.25) is 0 Å². The van der Waals surface area contributed by atoms with Gasteiger partial charge in [-0.05, 0) is 17.7 Å². The van der Waals surface area contributed by atoms with Gasteiger partial charge in [-0.1, -0.05) is 6.07 Å². The zero-order valence-electron chi connectivity index (χ0n) is 11.8. The number of carboxylic acids is 1. The van der Waals surface area contributed by atoms with Crippen molar-refractivity contribution in [1.29, 1.82) is 0 Å². The number of imide groups is 1. The molecule has 9 heteroatoms. The van der Waals surface area contributed by atoms with Gasteiger partial charge in [0.25, 0.3) is 11.8 Å². The molecule has 2 aliphatic rings. The summed E-state index contributed by atoms with van der Waals surface area (Å²) in [4.78, 5) is 48.1. The first-order chi connectivity index (χ1) is 10.8. The van der Waals surface area contributed by atoms with Crippen LogP contribution in [0.5, 0.6) is 5.75 Å². The van der Waals surface area contributed by atoms with E-state index in [1.165, 1.54) is 17.0 Å². The Balaban J connectivity index is 1.88. The van der Waals surface area contributed by atoms with Crippen molar-refractivity contribution in [1.82, 2.24) is 15.5 Å². The van der Waals surface area contributed by atoms with Crippen molar-refractivity contribution in [2.75, 3.05) is 6.54 Å². The molecule has 3 rings (SSSR count). The van der Waals surface area contributed by atoms with E-state index in [-0.39, 0.29) is 18.8 Å². The summed E-state index contributed by atoms with van der Waals surface area (Å²) in [6.45, 7) is -0.107. The average Bonchev–Trinajstić information content (AvgIpc) is 2.88. The van der Waals surface area contributed by atoms with Gasteiger partial charge >= 0.3 is 12.0 Å². The van der Waals surface area contributed by atoms with Crippen LogP contribution in [0.25, 0.3) is 0 Å². The molecule has 1 fully saturated rings. The molecule has 2 aliphatic heterocycles. The van der Waals surface area contributed by atoms with Crippen LogP contribution in [-0.4, -0.2) is 51.0 Å². The molecule has 9 nitrogen and oxygen atoms in total. The molecule has 0 bridgehead atoms. The number of phenols is 1. The van der Waals surface area contributed by atoms with Gasteiger partial charge in [-0.15, -0.1) is 0 Å². The molecule has 4 amide bonds. The minimum Gasteiger partial charge on any atom is -0.508 e. The van der Waals surface area contributed by atoms with Crippen molar-refractivity contribution in [3.8, 4) is 5.75 Å². The van der Waals surface area contributed by atoms with Crippen molar-refractivity contribution in [3.05, 3.63) is 29.3 Å². The number of benzene rings is 1. The third-order valence-corrected chi connectivity index (χ3v) is 3.90. The number of carbonyl (C=O) groups excluding carboxylic acids is 3. The lowest BCUT2D eigenvalue weighted by atomic mass is 9.94. The van der Waals surface area contributed by atoms with Crippen LogP contribution in [-0.2, 0) is 16.1 Å². The lowest BCUT2D eigenvalue weighted by Gasteiger charge is -2.29. The van der Waals surface area contributed by atoms with Gasteiger partial charge in [0.2, 0.25) is 0 Å². The van der Waals surface area contributed by atoms with E-state index < -0.39 is 35.8 Å². The predicted octanol–water partition coefficient (Wildman–Crippen LogP) is -0.599. The Morgan fingerprint density at radius 2 is 2.04 bits per heavy atom. The van der Waals surface area contributed by atoms with Crippen molar-refractivity contribution in [2.24, 2.45) is 0 Å². The van der Waals surface area contributed by atoms with E-state index >= 15 is 0 Å². The average molecular weight is 319 g/mol. The summed E-state index contributed by atoms with van der Waals surface area (Å²) in [6, 6.07) is 3.54. The molecule has 0 aliphatic carbocycles. The maximum Gasteiger partial charge on any atom is 0.322 e. The number of hydrogen-bond donors (Lipinski definition) is 4. The molecule has 2 heterocycles. The highest BCUT2D eigenvalue weighted by Crippen LogP contribution is 2.29. The van der Waals surface area contributed by atoms with E-state index in [0.717, 1.165) is 0 Å². The summed E-state index contributed by atoms with van der Waals surface area (Å²) >= 11 is 0. The van der Waals surface area contributed by atoms with Gasteiger partial charge in [0.05, 0.1) is 13.0 Å². The number of amides is 4. The Hall–Kier alpha value is -3.10. The number of nitrogens with zero attached hydrogens (tertiary/aromatic N) is 1. The van der Waals surface area contributed by atoms with Crippen LogP contribution in [0.4, 0.5) is 4.79 Å². The van der Waals surface area contributed by atoms with Gasteiger partial charge in [0.15, 0.2) is 0 Å². The molecule has 0 spiro atoms. The largest absolute Gasteiger partial charge is 0.508 e. The number of urea groups is 1. The van der Waals surface area contributed by atoms with E-state index in [2.05, 4.69) is 5.32 Å². The zero-order valence-corrected chi connectivity index (χ0v) is 11.8. The third-order valence-electron chi connectivity index (χ3n) is 3.90. The number of phenolic OH excluding ortho intramolecular Hbond substituents is 1. The first-order valence-electron chi connectivity index (χ1n) is 6.77. The maximum atomic E-state index is 12.4. The first-order valence-corrected chi connectivity index (χ1v) is 6.77. The summed E-state index contributed by atoms with van der Waals surface area (Å²) < 4.78 is 0. The lowest BCUT2D eigenvalue weighted by molar-refractivity contribution is -0.141. The molecule has 0 radical (unpaired) electrons. The highest BCUT2D eigenvalue weighted by Gasteiger charge is 2.50. The van der Waals surface area contributed by atoms with Crippen molar-refractivity contribution >= 4 is 23.8 Å². The molecule has 1 atom stereocenters. The summed E-state index contributed by atoms with van der Waals surface area (Å²) in [5.41, 5.74) is -0.758. The summed E-state index contributed by atoms with van der Waals surface area (Å²) in [6.07, 6.45) is -0.643. The van der Waals surface area contributed by atoms with Crippen LogP contribution < -0.4 is 10.6 Å². The van der Waals surface area contributed by atoms with Crippen LogP contribution in [0.1, 0.15) is 22.3 Å². The van der Waals surface area contributed by atoms with Gasteiger partial charge in [0.1, 0.15) is 11.3 Å². The number of aromatic hydroxyl groups is 1. The van der Waals surface area contributed by atoms with Crippen LogP contribution >= 0.6 is 0 Å². The number of aliphatic carboxylic acids is 1. The molecule has 1 aromatic carbocycles. The smallest absolute Gasteiger partial charge is 0.322 e. The summed E-state index contributed by atoms with van der Waals surface area (Å²) in [5.74, 6) is -2.55. The molecule has 4 N–H and O–H groups in total. The molecular weight excluding hydrogens is 306 g/mol. The SMILES string of the molecule is O=C(O)CC1(CN2Cc3ccc(O)cc3C2=O)NC(=O)NC1=O. The van der Waals surface area contributed by atoms with Gasteiger partial charge in [-0.2, -0.15) is 0 Å². The van der Waals surface area contributed by atoms with Crippen LogP contribution in [0.3, 0.4) is 0 Å². The number of carboxylic acid groups (broad SMARTS) is 1. The fourth-order valence-electron chi connectivity index (χ4n) is 2.88. The Bertz CT molecular complexity index is 746. The molecular formula is C14H13N3O6. The minimum absolute atomic E-state index is 0.0638. The quantitative estimate of drug-likeness (QED) is 0.547. The van der Waals surface area contributed by atoms with E-state index in [1.54, 1.807) is 6.07 Å². The number of carbonyl (C=O) groups is 4. The van der Waals surface area contributed by atoms with E-state index in [0.29, 0.717) is 11.1 Å². The van der Waals surface area contributed by atoms with Gasteiger partial charge in [0, 0.05) is 12.1 Å². The van der Waals surface area contributed by atoms with E-state index in [4.69, 9.17) is 5.11 Å². The fraction of sp³-hybridized carbons (Fsp3) is 0.286. The number of fused-ring (bicyclic) bond motifs is 1. The van der Waals surface area contributed by atoms with Crippen molar-refractivity contribution < 1.29 is 29.4 Å². The normalized spacial score (nSPS) is 22.8. The van der Waals surface area contributed by atoms with Gasteiger partial charge in [-0.25, -0.2) is 4.79 Å². The minimum atomic E-state index is -1.71. The Morgan fingerprint density at radius 3 is 2.65 bits per heavy atom.